The highest BCUT2D eigenvalue weighted by Gasteiger charge is 2.16. The molecule has 5 rings (SSSR count). The molecule has 0 spiro atoms. The molecule has 0 saturated carbocycles. The van der Waals surface area contributed by atoms with Gasteiger partial charge in [-0.3, -0.25) is 9.36 Å². The first-order chi connectivity index (χ1) is 22.6. The van der Waals surface area contributed by atoms with E-state index in [2.05, 4.69) is 105 Å². The molecule has 0 aliphatic heterocycles. The highest BCUT2D eigenvalue weighted by atomic mass is 79.9. The molecule has 0 bridgehead atoms. The molecule has 0 radical (unpaired) electrons. The third-order valence-corrected chi connectivity index (χ3v) is 8.51. The number of methoxy groups -OCH3 is 2. The Morgan fingerprint density at radius 2 is 1.33 bits per heavy atom. The number of halogens is 2. The molecule has 3 N–H and O–H groups in total. The van der Waals surface area contributed by atoms with Gasteiger partial charge in [-0.25, -0.2) is 4.98 Å². The van der Waals surface area contributed by atoms with E-state index in [-0.39, 0.29) is 19.6 Å². The van der Waals surface area contributed by atoms with E-state index >= 15 is 0 Å². The highest BCUT2D eigenvalue weighted by molar-refractivity contribution is 9.11. The van der Waals surface area contributed by atoms with Crippen molar-refractivity contribution in [3.05, 3.63) is 135 Å². The van der Waals surface area contributed by atoms with Crippen molar-refractivity contribution >= 4 is 43.5 Å². The molecular weight excluding hydrogens is 732 g/mol. The number of hydrogen-bond acceptors (Lipinski definition) is 5. The molecule has 1 aromatic heterocycles. The van der Waals surface area contributed by atoms with Crippen molar-refractivity contribution in [2.75, 3.05) is 26.1 Å². The van der Waals surface area contributed by atoms with Gasteiger partial charge in [0.15, 0.2) is 6.29 Å². The fourth-order valence-corrected chi connectivity index (χ4v) is 5.81. The van der Waals surface area contributed by atoms with Crippen molar-refractivity contribution in [1.29, 1.82) is 0 Å². The largest absolute Gasteiger partial charge is 0.355 e. The number of nitrogens with two attached hydrogens (primary N) is 1. The lowest BCUT2D eigenvalue weighted by Gasteiger charge is -2.17. The first kappa shape index (κ1) is 40.6. The normalized spacial score (nSPS) is 10.5. The maximum Gasteiger partial charge on any atom is 0.255 e. The Labute approximate surface area is 303 Å². The van der Waals surface area contributed by atoms with E-state index in [9.17, 15) is 4.79 Å². The van der Waals surface area contributed by atoms with Gasteiger partial charge < -0.3 is 20.5 Å². The van der Waals surface area contributed by atoms with Crippen molar-refractivity contribution in [2.24, 2.45) is 5.73 Å². The number of carbonyl (C=O) groups is 1. The molecule has 7 nitrogen and oxygen atoms in total. The second-order valence-electron chi connectivity index (χ2n) is 11.1. The predicted molar refractivity (Wildman–Crippen MR) is 207 cm³/mol. The van der Waals surface area contributed by atoms with Gasteiger partial charge in [-0.2, -0.15) is 0 Å². The SMILES string of the molecule is C.CC(C)c1cccc(Br)c1-n1ccnc1-c1ccccc1.CC(C)c1cccc(Br)c1NC(=O)c1ccccc1.COC(CN)OC. The Morgan fingerprint density at radius 3 is 1.85 bits per heavy atom. The van der Waals surface area contributed by atoms with Crippen LogP contribution in [-0.4, -0.2) is 42.5 Å². The topological polar surface area (TPSA) is 91.4 Å². The number of carbonyl (C=O) groups excluding carboxylic acids is 1. The quantitative estimate of drug-likeness (QED) is 0.145. The van der Waals surface area contributed by atoms with Crippen molar-refractivity contribution < 1.29 is 14.3 Å². The molecule has 1 heterocycles. The van der Waals surface area contributed by atoms with Crippen molar-refractivity contribution in [2.45, 2.75) is 53.2 Å². The van der Waals surface area contributed by atoms with Gasteiger partial charge in [0.1, 0.15) is 5.82 Å². The average Bonchev–Trinajstić information content (AvgIpc) is 3.57. The number of nitrogens with zero attached hydrogens (tertiary/aromatic N) is 2. The summed E-state index contributed by atoms with van der Waals surface area (Å²) in [5.41, 5.74) is 11.4. The van der Waals surface area contributed by atoms with Crippen LogP contribution < -0.4 is 11.1 Å². The fourth-order valence-electron chi connectivity index (χ4n) is 4.75. The highest BCUT2D eigenvalue weighted by Crippen LogP contribution is 2.33. The summed E-state index contributed by atoms with van der Waals surface area (Å²) in [6.45, 7) is 9.06. The molecular formula is C39H48Br2N4O3. The van der Waals surface area contributed by atoms with Crippen LogP contribution in [0.1, 0.15) is 68.4 Å². The second-order valence-corrected chi connectivity index (χ2v) is 12.8. The number of rotatable bonds is 9. The minimum atomic E-state index is -0.236. The van der Waals surface area contributed by atoms with E-state index in [4.69, 9.17) is 15.2 Å². The third-order valence-electron chi connectivity index (χ3n) is 7.21. The Kier molecular flexibility index (Phi) is 17.5. The van der Waals surface area contributed by atoms with Crippen molar-refractivity contribution in [3.8, 4) is 17.1 Å². The summed E-state index contributed by atoms with van der Waals surface area (Å²) in [6, 6.07) is 31.8. The zero-order chi connectivity index (χ0) is 34.3. The Morgan fingerprint density at radius 1 is 0.792 bits per heavy atom. The summed E-state index contributed by atoms with van der Waals surface area (Å²) in [5.74, 6) is 1.67. The molecule has 4 aromatic carbocycles. The van der Waals surface area contributed by atoms with Gasteiger partial charge in [-0.05, 0) is 79.1 Å². The summed E-state index contributed by atoms with van der Waals surface area (Å²) in [4.78, 5) is 16.8. The number of para-hydroxylation sites is 2. The zero-order valence-corrected chi connectivity index (χ0v) is 31.0. The van der Waals surface area contributed by atoms with E-state index in [0.29, 0.717) is 23.9 Å². The molecule has 0 saturated heterocycles. The molecule has 0 atom stereocenters. The number of ether oxygens (including phenoxy) is 2. The number of nitrogens with one attached hydrogen (secondary N) is 1. The first-order valence-electron chi connectivity index (χ1n) is 15.4. The van der Waals surface area contributed by atoms with Crippen LogP contribution in [0, 0.1) is 0 Å². The Bertz CT molecular complexity index is 1670. The van der Waals surface area contributed by atoms with Crippen LogP contribution in [-0.2, 0) is 9.47 Å². The van der Waals surface area contributed by atoms with Gasteiger partial charge in [0.25, 0.3) is 5.91 Å². The monoisotopic (exact) mass is 778 g/mol. The van der Waals surface area contributed by atoms with E-state index in [1.807, 2.05) is 67.0 Å². The number of hydrogen-bond donors (Lipinski definition) is 2. The van der Waals surface area contributed by atoms with Crippen LogP contribution in [0.5, 0.6) is 0 Å². The van der Waals surface area contributed by atoms with E-state index in [1.54, 1.807) is 26.4 Å². The summed E-state index contributed by atoms with van der Waals surface area (Å²) in [7, 11) is 3.11. The molecule has 0 fully saturated rings. The second kappa shape index (κ2) is 20.7. The minimum absolute atomic E-state index is 0. The van der Waals surface area contributed by atoms with E-state index in [0.717, 1.165) is 31.6 Å². The molecule has 1 amide bonds. The fraction of sp³-hybridized carbons (Fsp3) is 0.282. The number of anilines is 1. The summed E-state index contributed by atoms with van der Waals surface area (Å²) in [6.07, 6.45) is 3.64. The lowest BCUT2D eigenvalue weighted by Crippen LogP contribution is -2.23. The predicted octanol–water partition coefficient (Wildman–Crippen LogP) is 10.5. The van der Waals surface area contributed by atoms with Gasteiger partial charge in [-0.1, -0.05) is 108 Å². The lowest BCUT2D eigenvalue weighted by atomic mass is 10.0. The number of benzene rings is 4. The summed E-state index contributed by atoms with van der Waals surface area (Å²) in [5, 5.41) is 2.99. The number of aromatic nitrogens is 2. The molecule has 0 aliphatic rings. The molecule has 0 aliphatic carbocycles. The smallest absolute Gasteiger partial charge is 0.255 e. The molecule has 9 heteroatoms. The number of imidazole rings is 1. The maximum absolute atomic E-state index is 12.2. The van der Waals surface area contributed by atoms with Gasteiger partial charge in [-0.15, -0.1) is 0 Å². The van der Waals surface area contributed by atoms with Gasteiger partial charge >= 0.3 is 0 Å². The maximum atomic E-state index is 12.2. The lowest BCUT2D eigenvalue weighted by molar-refractivity contribution is -0.0940. The Hall–Kier alpha value is -3.60. The average molecular weight is 781 g/mol. The third kappa shape index (κ3) is 11.2. The van der Waals surface area contributed by atoms with E-state index in [1.165, 1.54) is 11.3 Å². The number of amides is 1. The van der Waals surface area contributed by atoms with Crippen LogP contribution in [0.3, 0.4) is 0 Å². The summed E-state index contributed by atoms with van der Waals surface area (Å²) < 4.78 is 13.6. The standard InChI is InChI=1S/C18H17BrN2.C16H16BrNO.C4H11NO2.CH4/c1-13(2)15-9-6-10-16(19)17(15)21-12-11-20-18(21)14-7-4-3-5-8-14;1-11(2)13-9-6-10-14(17)15(13)18-16(19)12-7-4-3-5-8-12;1-6-4(3-5)7-2;/h3-13H,1-2H3;3-11H,1-2H3,(H,18,19);4H,3,5H2,1-2H3;1H4. The summed E-state index contributed by atoms with van der Waals surface area (Å²) >= 11 is 7.20. The van der Waals surface area contributed by atoms with Crippen LogP contribution in [0.15, 0.2) is 118 Å². The molecule has 5 aromatic rings. The van der Waals surface area contributed by atoms with Crippen LogP contribution in [0.25, 0.3) is 17.1 Å². The molecule has 0 unspecified atom stereocenters. The Balaban J connectivity index is 0.000000276. The molecule has 48 heavy (non-hydrogen) atoms. The zero-order valence-electron chi connectivity index (χ0n) is 27.8. The van der Waals surface area contributed by atoms with Crippen molar-refractivity contribution in [3.63, 3.8) is 0 Å². The molecule has 256 valence electrons. The van der Waals surface area contributed by atoms with Gasteiger partial charge in [0, 0.05) is 53.2 Å². The first-order valence-corrected chi connectivity index (χ1v) is 17.0. The van der Waals surface area contributed by atoms with E-state index < -0.39 is 0 Å². The van der Waals surface area contributed by atoms with Crippen molar-refractivity contribution in [1.82, 2.24) is 9.55 Å². The van der Waals surface area contributed by atoms with Gasteiger partial charge in [0.05, 0.1) is 11.4 Å². The van der Waals surface area contributed by atoms with Crippen LogP contribution in [0.4, 0.5) is 5.69 Å². The van der Waals surface area contributed by atoms with Crippen LogP contribution >= 0.6 is 31.9 Å². The van der Waals surface area contributed by atoms with Gasteiger partial charge in [0.2, 0.25) is 0 Å². The van der Waals surface area contributed by atoms with Crippen LogP contribution in [0.2, 0.25) is 0 Å². The minimum Gasteiger partial charge on any atom is -0.355 e.